The van der Waals surface area contributed by atoms with Crippen molar-refractivity contribution < 1.29 is 4.79 Å². The minimum atomic E-state index is -0.113. The molecule has 1 rings (SSSR count). The third-order valence-corrected chi connectivity index (χ3v) is 1.71. The largest absolute Gasteiger partial charge is 0.399 e. The summed E-state index contributed by atoms with van der Waals surface area (Å²) < 4.78 is 0. The van der Waals surface area contributed by atoms with Crippen molar-refractivity contribution in [2.45, 2.75) is 0 Å². The van der Waals surface area contributed by atoms with Crippen LogP contribution in [0.1, 0.15) is 10.4 Å². The Morgan fingerprint density at radius 1 is 1.31 bits per heavy atom. The van der Waals surface area contributed by atoms with E-state index in [2.05, 4.69) is 0 Å². The van der Waals surface area contributed by atoms with E-state index in [1.807, 2.05) is 0 Å². The van der Waals surface area contributed by atoms with Crippen LogP contribution in [0.4, 0.5) is 11.4 Å². The highest BCUT2D eigenvalue weighted by molar-refractivity contribution is 5.99. The van der Waals surface area contributed by atoms with E-state index >= 15 is 0 Å². The van der Waals surface area contributed by atoms with Crippen molar-refractivity contribution in [1.29, 1.82) is 0 Å². The van der Waals surface area contributed by atoms with Gasteiger partial charge in [-0.3, -0.25) is 4.79 Å². The van der Waals surface area contributed by atoms with Gasteiger partial charge < -0.3 is 16.4 Å². The van der Waals surface area contributed by atoms with E-state index in [-0.39, 0.29) is 5.91 Å². The molecule has 70 valence electrons. The Morgan fingerprint density at radius 2 is 1.92 bits per heavy atom. The SMILES string of the molecule is CN(C)C(=O)c1ccc(N)cc1N. The summed E-state index contributed by atoms with van der Waals surface area (Å²) in [5, 5.41) is 0. The molecule has 4 nitrogen and oxygen atoms in total. The molecule has 0 aliphatic carbocycles. The number of hydrogen-bond donors (Lipinski definition) is 2. The van der Waals surface area contributed by atoms with Gasteiger partial charge in [0.1, 0.15) is 0 Å². The third-order valence-electron chi connectivity index (χ3n) is 1.71. The van der Waals surface area contributed by atoms with Gasteiger partial charge in [-0.1, -0.05) is 0 Å². The quantitative estimate of drug-likeness (QED) is 0.618. The predicted octanol–water partition coefficient (Wildman–Crippen LogP) is 0.553. The van der Waals surface area contributed by atoms with Crippen LogP contribution >= 0.6 is 0 Å². The highest BCUT2D eigenvalue weighted by Crippen LogP contribution is 2.16. The number of hydrogen-bond acceptors (Lipinski definition) is 3. The van der Waals surface area contributed by atoms with Gasteiger partial charge >= 0.3 is 0 Å². The lowest BCUT2D eigenvalue weighted by atomic mass is 10.1. The second-order valence-corrected chi connectivity index (χ2v) is 3.05. The molecule has 4 N–H and O–H groups in total. The highest BCUT2D eigenvalue weighted by Gasteiger charge is 2.10. The maximum atomic E-state index is 11.5. The lowest BCUT2D eigenvalue weighted by molar-refractivity contribution is 0.0828. The monoisotopic (exact) mass is 179 g/mol. The van der Waals surface area contributed by atoms with Gasteiger partial charge in [0.05, 0.1) is 5.56 Å². The van der Waals surface area contributed by atoms with Crippen molar-refractivity contribution in [3.8, 4) is 0 Å². The van der Waals surface area contributed by atoms with Gasteiger partial charge in [0, 0.05) is 25.5 Å². The summed E-state index contributed by atoms with van der Waals surface area (Å²) in [5.41, 5.74) is 12.6. The molecule has 0 aliphatic heterocycles. The molecule has 0 radical (unpaired) electrons. The first-order valence-corrected chi connectivity index (χ1v) is 3.89. The topological polar surface area (TPSA) is 72.3 Å². The van der Waals surface area contributed by atoms with Crippen molar-refractivity contribution in [2.75, 3.05) is 25.6 Å². The number of carbonyl (C=O) groups excluding carboxylic acids is 1. The first-order valence-electron chi connectivity index (χ1n) is 3.89. The molecule has 0 saturated heterocycles. The summed E-state index contributed by atoms with van der Waals surface area (Å²) in [5.74, 6) is -0.113. The van der Waals surface area contributed by atoms with Gasteiger partial charge in [0.2, 0.25) is 0 Å². The van der Waals surface area contributed by atoms with E-state index in [0.29, 0.717) is 16.9 Å². The Kier molecular flexibility index (Phi) is 2.41. The maximum Gasteiger partial charge on any atom is 0.255 e. The summed E-state index contributed by atoms with van der Waals surface area (Å²) in [7, 11) is 3.36. The van der Waals surface area contributed by atoms with Crippen LogP contribution in [0.3, 0.4) is 0 Å². The molecule has 1 aromatic carbocycles. The molecule has 0 aromatic heterocycles. The number of anilines is 2. The Morgan fingerprint density at radius 3 is 2.38 bits per heavy atom. The summed E-state index contributed by atoms with van der Waals surface area (Å²) in [6, 6.07) is 4.87. The van der Waals surface area contributed by atoms with Crippen molar-refractivity contribution in [3.05, 3.63) is 23.8 Å². The van der Waals surface area contributed by atoms with E-state index in [1.54, 1.807) is 32.3 Å². The second kappa shape index (κ2) is 3.35. The molecule has 0 saturated carbocycles. The predicted molar refractivity (Wildman–Crippen MR) is 53.3 cm³/mol. The number of nitrogens with zero attached hydrogens (tertiary/aromatic N) is 1. The maximum absolute atomic E-state index is 11.5. The Balaban J connectivity index is 3.09. The summed E-state index contributed by atoms with van der Waals surface area (Å²) >= 11 is 0. The molecule has 4 heteroatoms. The lowest BCUT2D eigenvalue weighted by Gasteiger charge is -2.12. The summed E-state index contributed by atoms with van der Waals surface area (Å²) in [6.45, 7) is 0. The molecule has 0 spiro atoms. The fourth-order valence-electron chi connectivity index (χ4n) is 1.02. The molecule has 1 amide bonds. The van der Waals surface area contributed by atoms with Crippen LogP contribution < -0.4 is 11.5 Å². The van der Waals surface area contributed by atoms with E-state index in [0.717, 1.165) is 0 Å². The number of nitrogen functional groups attached to an aromatic ring is 2. The molecule has 0 bridgehead atoms. The van der Waals surface area contributed by atoms with Crippen LogP contribution in [0.15, 0.2) is 18.2 Å². The fourth-order valence-corrected chi connectivity index (χ4v) is 1.02. The second-order valence-electron chi connectivity index (χ2n) is 3.05. The van der Waals surface area contributed by atoms with Crippen molar-refractivity contribution in [1.82, 2.24) is 4.90 Å². The molecule has 1 aromatic rings. The Bertz CT molecular complexity index is 334. The molecule has 0 atom stereocenters. The number of nitrogens with two attached hydrogens (primary N) is 2. The van der Waals surface area contributed by atoms with E-state index < -0.39 is 0 Å². The molecule has 0 aliphatic rings. The van der Waals surface area contributed by atoms with Crippen molar-refractivity contribution >= 4 is 17.3 Å². The zero-order chi connectivity index (χ0) is 10.0. The van der Waals surface area contributed by atoms with Gasteiger partial charge in [0.25, 0.3) is 5.91 Å². The standard InChI is InChI=1S/C9H13N3O/c1-12(2)9(13)7-4-3-6(10)5-8(7)11/h3-5H,10-11H2,1-2H3. The summed E-state index contributed by atoms with van der Waals surface area (Å²) in [4.78, 5) is 13.0. The van der Waals surface area contributed by atoms with Gasteiger partial charge in [-0.15, -0.1) is 0 Å². The molecule has 0 fully saturated rings. The molecule has 0 heterocycles. The first kappa shape index (κ1) is 9.38. The van der Waals surface area contributed by atoms with Crippen molar-refractivity contribution in [2.24, 2.45) is 0 Å². The van der Waals surface area contributed by atoms with Crippen LogP contribution in [-0.2, 0) is 0 Å². The number of rotatable bonds is 1. The van der Waals surface area contributed by atoms with E-state index in [9.17, 15) is 4.79 Å². The number of amides is 1. The highest BCUT2D eigenvalue weighted by atomic mass is 16.2. The summed E-state index contributed by atoms with van der Waals surface area (Å²) in [6.07, 6.45) is 0. The third kappa shape index (κ3) is 1.90. The van der Waals surface area contributed by atoms with E-state index in [1.165, 1.54) is 4.90 Å². The molecular weight excluding hydrogens is 166 g/mol. The van der Waals surface area contributed by atoms with Crippen LogP contribution in [0.25, 0.3) is 0 Å². The molecule has 13 heavy (non-hydrogen) atoms. The Hall–Kier alpha value is -1.71. The fraction of sp³-hybridized carbons (Fsp3) is 0.222. The normalized spacial score (nSPS) is 9.69. The van der Waals surface area contributed by atoms with Crippen LogP contribution in [0.2, 0.25) is 0 Å². The van der Waals surface area contributed by atoms with Gasteiger partial charge in [0.15, 0.2) is 0 Å². The Labute approximate surface area is 77.1 Å². The van der Waals surface area contributed by atoms with Gasteiger partial charge in [-0.2, -0.15) is 0 Å². The van der Waals surface area contributed by atoms with Crippen LogP contribution in [0, 0.1) is 0 Å². The van der Waals surface area contributed by atoms with E-state index in [4.69, 9.17) is 11.5 Å². The first-order chi connectivity index (χ1) is 6.02. The zero-order valence-corrected chi connectivity index (χ0v) is 7.74. The number of benzene rings is 1. The average molecular weight is 179 g/mol. The minimum Gasteiger partial charge on any atom is -0.399 e. The molecular formula is C9H13N3O. The van der Waals surface area contributed by atoms with Crippen molar-refractivity contribution in [3.63, 3.8) is 0 Å². The molecule has 0 unspecified atom stereocenters. The minimum absolute atomic E-state index is 0.113. The van der Waals surface area contributed by atoms with Crippen LogP contribution in [-0.4, -0.2) is 24.9 Å². The average Bonchev–Trinajstić information content (AvgIpc) is 2.03. The van der Waals surface area contributed by atoms with Gasteiger partial charge in [-0.05, 0) is 18.2 Å². The van der Waals surface area contributed by atoms with Gasteiger partial charge in [-0.25, -0.2) is 0 Å². The lowest BCUT2D eigenvalue weighted by Crippen LogP contribution is -2.22. The smallest absolute Gasteiger partial charge is 0.255 e. The van der Waals surface area contributed by atoms with Crippen LogP contribution in [0.5, 0.6) is 0 Å². The zero-order valence-electron chi connectivity index (χ0n) is 7.74. The number of carbonyl (C=O) groups is 1.